The van der Waals surface area contributed by atoms with Crippen molar-refractivity contribution in [2.24, 2.45) is 0 Å². The van der Waals surface area contributed by atoms with Gasteiger partial charge >= 0.3 is 6.36 Å². The molecule has 1 saturated heterocycles. The van der Waals surface area contributed by atoms with E-state index in [0.717, 1.165) is 5.56 Å². The smallest absolute Gasteiger partial charge is 0.406 e. The third-order valence-electron chi connectivity index (χ3n) is 4.79. The number of rotatable bonds is 4. The van der Waals surface area contributed by atoms with Crippen LogP contribution in [0.1, 0.15) is 15.9 Å². The lowest BCUT2D eigenvalue weighted by Crippen LogP contribution is -2.48. The van der Waals surface area contributed by atoms with Gasteiger partial charge in [0.05, 0.1) is 0 Å². The Labute approximate surface area is 164 Å². The average Bonchev–Trinajstić information content (AvgIpc) is 3.16. The minimum Gasteiger partial charge on any atom is -0.406 e. The van der Waals surface area contributed by atoms with Crippen molar-refractivity contribution >= 4 is 16.9 Å². The molecule has 1 N–H and O–H groups in total. The highest BCUT2D eigenvalue weighted by molar-refractivity contribution is 5.97. The maximum atomic E-state index is 12.7. The SMILES string of the molecule is O=C(c1ccc2n[nH]nc2c1)N1CCN(Cc2ccc(OC(F)(F)F)cc2)CC1. The molecule has 1 fully saturated rings. The maximum Gasteiger partial charge on any atom is 0.573 e. The molecule has 0 radical (unpaired) electrons. The summed E-state index contributed by atoms with van der Waals surface area (Å²) < 4.78 is 40.6. The highest BCUT2D eigenvalue weighted by atomic mass is 19.4. The molecule has 3 aromatic rings. The topological polar surface area (TPSA) is 74.4 Å². The van der Waals surface area contributed by atoms with Crippen LogP contribution < -0.4 is 4.74 Å². The van der Waals surface area contributed by atoms with Crippen LogP contribution in [-0.4, -0.2) is 63.7 Å². The van der Waals surface area contributed by atoms with Gasteiger partial charge in [-0.1, -0.05) is 12.1 Å². The molecule has 2 aromatic carbocycles. The summed E-state index contributed by atoms with van der Waals surface area (Å²) in [6, 6.07) is 11.1. The van der Waals surface area contributed by atoms with Gasteiger partial charge in [0.1, 0.15) is 16.8 Å². The number of carbonyl (C=O) groups excluding carboxylic acids is 1. The Balaban J connectivity index is 1.31. The zero-order chi connectivity index (χ0) is 20.4. The number of nitrogens with one attached hydrogen (secondary N) is 1. The first-order valence-electron chi connectivity index (χ1n) is 9.04. The second-order valence-corrected chi connectivity index (χ2v) is 6.79. The minimum absolute atomic E-state index is 0.0526. The van der Waals surface area contributed by atoms with Crippen molar-refractivity contribution in [3.63, 3.8) is 0 Å². The maximum absolute atomic E-state index is 12.7. The van der Waals surface area contributed by atoms with Gasteiger partial charge in [0.15, 0.2) is 0 Å². The van der Waals surface area contributed by atoms with Gasteiger partial charge in [-0.05, 0) is 35.9 Å². The average molecular weight is 405 g/mol. The fourth-order valence-electron chi connectivity index (χ4n) is 3.32. The van der Waals surface area contributed by atoms with Crippen LogP contribution in [-0.2, 0) is 6.54 Å². The van der Waals surface area contributed by atoms with Crippen LogP contribution in [0.3, 0.4) is 0 Å². The fraction of sp³-hybridized carbons (Fsp3) is 0.316. The molecule has 0 saturated carbocycles. The molecule has 152 valence electrons. The lowest BCUT2D eigenvalue weighted by atomic mass is 10.1. The van der Waals surface area contributed by atoms with Gasteiger partial charge in [0, 0.05) is 38.3 Å². The van der Waals surface area contributed by atoms with Gasteiger partial charge in [-0.25, -0.2) is 0 Å². The second-order valence-electron chi connectivity index (χ2n) is 6.79. The normalized spacial score (nSPS) is 15.6. The Morgan fingerprint density at radius 1 is 1.00 bits per heavy atom. The van der Waals surface area contributed by atoms with Crippen molar-refractivity contribution in [2.75, 3.05) is 26.2 Å². The number of hydrogen-bond donors (Lipinski definition) is 1. The number of amides is 1. The molecule has 0 atom stereocenters. The Morgan fingerprint density at radius 3 is 2.38 bits per heavy atom. The highest BCUT2D eigenvalue weighted by Gasteiger charge is 2.31. The van der Waals surface area contributed by atoms with Crippen molar-refractivity contribution in [2.45, 2.75) is 12.9 Å². The molecule has 1 amide bonds. The molecule has 0 unspecified atom stereocenters. The zero-order valence-corrected chi connectivity index (χ0v) is 15.3. The summed E-state index contributed by atoms with van der Waals surface area (Å²) in [4.78, 5) is 16.7. The van der Waals surface area contributed by atoms with Crippen LogP contribution in [0.15, 0.2) is 42.5 Å². The van der Waals surface area contributed by atoms with Gasteiger partial charge in [0.25, 0.3) is 5.91 Å². The highest BCUT2D eigenvalue weighted by Crippen LogP contribution is 2.23. The number of benzene rings is 2. The second kappa shape index (κ2) is 7.70. The van der Waals surface area contributed by atoms with Gasteiger partial charge in [-0.15, -0.1) is 13.2 Å². The summed E-state index contributed by atoms with van der Waals surface area (Å²) >= 11 is 0. The molecule has 1 aromatic heterocycles. The number of aromatic amines is 1. The van der Waals surface area contributed by atoms with E-state index in [1.165, 1.54) is 12.1 Å². The van der Waals surface area contributed by atoms with Crippen molar-refractivity contribution in [3.8, 4) is 5.75 Å². The first kappa shape index (κ1) is 19.2. The summed E-state index contributed by atoms with van der Waals surface area (Å²) in [7, 11) is 0. The number of nitrogens with zero attached hydrogens (tertiary/aromatic N) is 4. The van der Waals surface area contributed by atoms with E-state index < -0.39 is 6.36 Å². The summed E-state index contributed by atoms with van der Waals surface area (Å²) in [6.07, 6.45) is -4.69. The van der Waals surface area contributed by atoms with Crippen molar-refractivity contribution in [1.82, 2.24) is 25.2 Å². The van der Waals surface area contributed by atoms with Gasteiger partial charge < -0.3 is 9.64 Å². The van der Waals surface area contributed by atoms with Gasteiger partial charge in [-0.3, -0.25) is 9.69 Å². The number of alkyl halides is 3. The van der Waals surface area contributed by atoms with E-state index in [9.17, 15) is 18.0 Å². The Hall–Kier alpha value is -3.14. The van der Waals surface area contributed by atoms with Gasteiger partial charge in [0.2, 0.25) is 0 Å². The molecule has 29 heavy (non-hydrogen) atoms. The number of fused-ring (bicyclic) bond motifs is 1. The number of piperazine rings is 1. The summed E-state index contributed by atoms with van der Waals surface area (Å²) in [5.41, 5.74) is 2.81. The third-order valence-corrected chi connectivity index (χ3v) is 4.79. The molecule has 0 spiro atoms. The lowest BCUT2D eigenvalue weighted by Gasteiger charge is -2.34. The van der Waals surface area contributed by atoms with Crippen LogP contribution >= 0.6 is 0 Å². The largest absolute Gasteiger partial charge is 0.573 e. The number of hydrogen-bond acceptors (Lipinski definition) is 5. The van der Waals surface area contributed by atoms with Crippen LogP contribution in [0.5, 0.6) is 5.75 Å². The lowest BCUT2D eigenvalue weighted by molar-refractivity contribution is -0.274. The molecule has 0 bridgehead atoms. The Morgan fingerprint density at radius 2 is 1.69 bits per heavy atom. The van der Waals surface area contributed by atoms with Crippen LogP contribution in [0.25, 0.3) is 11.0 Å². The first-order valence-corrected chi connectivity index (χ1v) is 9.04. The van der Waals surface area contributed by atoms with Crippen molar-refractivity contribution in [1.29, 1.82) is 0 Å². The Bertz CT molecular complexity index is 995. The number of carbonyl (C=O) groups is 1. The fourth-order valence-corrected chi connectivity index (χ4v) is 3.32. The predicted octanol–water partition coefficient (Wildman–Crippen LogP) is 2.81. The van der Waals surface area contributed by atoms with E-state index in [4.69, 9.17) is 0 Å². The van der Waals surface area contributed by atoms with Gasteiger partial charge in [-0.2, -0.15) is 15.4 Å². The minimum atomic E-state index is -4.69. The van der Waals surface area contributed by atoms with E-state index in [1.807, 2.05) is 0 Å². The molecule has 7 nitrogen and oxygen atoms in total. The molecular weight excluding hydrogens is 387 g/mol. The molecule has 1 aliphatic rings. The molecule has 4 rings (SSSR count). The van der Waals surface area contributed by atoms with Crippen molar-refractivity contribution < 1.29 is 22.7 Å². The standard InChI is InChI=1S/C19H18F3N5O2/c20-19(21,22)29-15-4-1-13(2-5-15)12-26-7-9-27(10-8-26)18(28)14-3-6-16-17(11-14)24-25-23-16/h1-6,11H,7-10,12H2,(H,23,24,25). The molecule has 2 heterocycles. The molecular formula is C19H18F3N5O2. The van der Waals surface area contributed by atoms with E-state index in [0.29, 0.717) is 49.3 Å². The van der Waals surface area contributed by atoms with Crippen LogP contribution in [0.2, 0.25) is 0 Å². The number of H-pyrrole nitrogens is 1. The zero-order valence-electron chi connectivity index (χ0n) is 15.3. The summed E-state index contributed by atoms with van der Waals surface area (Å²) in [5, 5.41) is 10.5. The first-order chi connectivity index (χ1) is 13.9. The number of aromatic nitrogens is 3. The third kappa shape index (κ3) is 4.65. The number of halogens is 3. The predicted molar refractivity (Wildman–Crippen MR) is 98.2 cm³/mol. The van der Waals surface area contributed by atoms with E-state index in [2.05, 4.69) is 25.0 Å². The van der Waals surface area contributed by atoms with Crippen LogP contribution in [0.4, 0.5) is 13.2 Å². The monoisotopic (exact) mass is 405 g/mol. The van der Waals surface area contributed by atoms with Crippen molar-refractivity contribution in [3.05, 3.63) is 53.6 Å². The molecule has 0 aliphatic carbocycles. The summed E-state index contributed by atoms with van der Waals surface area (Å²) in [5.74, 6) is -0.288. The Kier molecular flexibility index (Phi) is 5.10. The van der Waals surface area contributed by atoms with E-state index in [-0.39, 0.29) is 11.7 Å². The number of ether oxygens (including phenoxy) is 1. The molecule has 10 heteroatoms. The van der Waals surface area contributed by atoms with Crippen LogP contribution in [0, 0.1) is 0 Å². The summed E-state index contributed by atoms with van der Waals surface area (Å²) in [6.45, 7) is 3.10. The van der Waals surface area contributed by atoms with E-state index in [1.54, 1.807) is 35.2 Å². The van der Waals surface area contributed by atoms with E-state index >= 15 is 0 Å². The molecule has 1 aliphatic heterocycles. The quantitative estimate of drug-likeness (QED) is 0.723.